The fourth-order valence-corrected chi connectivity index (χ4v) is 11.2. The highest BCUT2D eigenvalue weighted by Crippen LogP contribution is 2.65. The zero-order valence-corrected chi connectivity index (χ0v) is 41.5. The fraction of sp³-hybridized carbons (Fsp3) is 0.356. The number of nitrogens with zero attached hydrogens (tertiary/aromatic N) is 4. The summed E-state index contributed by atoms with van der Waals surface area (Å²) < 4.78 is 60.9. The molecule has 7 rings (SSSR count). The summed E-state index contributed by atoms with van der Waals surface area (Å²) in [6.07, 6.45) is 2.43. The molecule has 0 saturated carbocycles. The highest BCUT2D eigenvalue weighted by Gasteiger charge is 2.39. The number of aryl methyl sites for hydroxylation is 2. The third-order valence-corrected chi connectivity index (χ3v) is 15.1. The normalized spacial score (nSPS) is 17.7. The van der Waals surface area contributed by atoms with Crippen molar-refractivity contribution in [1.29, 1.82) is 0 Å². The molecule has 3 unspecified atom stereocenters. The number of phosphoric ester groups is 1. The molecule has 0 bridgehead atoms. The molecule has 1 fully saturated rings. The average molecular weight is 1020 g/mol. The molecule has 4 aromatic rings. The maximum absolute atomic E-state index is 14.3. The molecule has 70 heavy (non-hydrogen) atoms. The molecule has 2 aliphatic heterocycles. The Morgan fingerprint density at radius 3 is 2.54 bits per heavy atom. The van der Waals surface area contributed by atoms with Crippen molar-refractivity contribution in [1.82, 2.24) is 24.8 Å². The second-order valence-electron chi connectivity index (χ2n) is 16.4. The van der Waals surface area contributed by atoms with Gasteiger partial charge in [-0.25, -0.2) is 28.4 Å². The van der Waals surface area contributed by atoms with E-state index >= 15 is 0 Å². The number of hydrogen-bond donors (Lipinski definition) is 7. The van der Waals surface area contributed by atoms with Gasteiger partial charge in [0.25, 0.3) is 13.7 Å². The summed E-state index contributed by atoms with van der Waals surface area (Å²) in [6.45, 7) is 9.30. The Kier molecular flexibility index (Phi) is 16.1. The van der Waals surface area contributed by atoms with Crippen molar-refractivity contribution >= 4 is 68.8 Å². The number of aromatic nitrogens is 3. The Hall–Kier alpha value is -5.78. The molecule has 2 aromatic carbocycles. The highest BCUT2D eigenvalue weighted by molar-refractivity contribution is 7.66. The van der Waals surface area contributed by atoms with Gasteiger partial charge in [0.2, 0.25) is 11.3 Å². The van der Waals surface area contributed by atoms with E-state index in [-0.39, 0.29) is 37.0 Å². The van der Waals surface area contributed by atoms with Crippen molar-refractivity contribution in [2.75, 3.05) is 50.9 Å². The number of anilines is 2. The maximum atomic E-state index is 14.3. The Morgan fingerprint density at radius 2 is 1.80 bits per heavy atom. The van der Waals surface area contributed by atoms with Crippen molar-refractivity contribution in [3.8, 4) is 34.3 Å². The molecule has 1 saturated heterocycles. The monoisotopic (exact) mass is 1020 g/mol. The third-order valence-electron chi connectivity index (χ3n) is 11.3. The van der Waals surface area contributed by atoms with Crippen LogP contribution in [-0.2, 0) is 36.4 Å². The molecule has 2 aromatic heterocycles. The van der Waals surface area contributed by atoms with Crippen LogP contribution in [0.3, 0.4) is 0 Å². The van der Waals surface area contributed by atoms with Gasteiger partial charge in [-0.05, 0) is 76.3 Å². The van der Waals surface area contributed by atoms with Crippen molar-refractivity contribution in [3.05, 3.63) is 88.7 Å². The summed E-state index contributed by atoms with van der Waals surface area (Å²) >= 11 is 0. The Morgan fingerprint density at radius 1 is 1.03 bits per heavy atom. The van der Waals surface area contributed by atoms with E-state index < -0.39 is 42.4 Å². The number of fused-ring (bicyclic) bond motifs is 3. The molecule has 5 atom stereocenters. The van der Waals surface area contributed by atoms with Crippen LogP contribution in [0.1, 0.15) is 72.8 Å². The van der Waals surface area contributed by atoms with Crippen LogP contribution in [0.25, 0.3) is 44.5 Å². The number of nitrogens with one attached hydrogen (secondary N) is 3. The molecule has 372 valence electrons. The second kappa shape index (κ2) is 21.7. The zero-order valence-electron chi connectivity index (χ0n) is 38.8. The van der Waals surface area contributed by atoms with Crippen LogP contribution in [0, 0.1) is 25.7 Å². The van der Waals surface area contributed by atoms with Crippen molar-refractivity contribution < 1.29 is 70.1 Å². The van der Waals surface area contributed by atoms with Crippen molar-refractivity contribution in [2.24, 2.45) is 0 Å². The van der Waals surface area contributed by atoms with Crippen LogP contribution in [0.2, 0.25) is 0 Å². The van der Waals surface area contributed by atoms with E-state index in [2.05, 4.69) is 58.2 Å². The van der Waals surface area contributed by atoms with E-state index in [4.69, 9.17) is 24.3 Å². The molecule has 0 radical (unpaired) electrons. The summed E-state index contributed by atoms with van der Waals surface area (Å²) in [5.41, 5.74) is 13.7. The number of carbonyl (C=O) groups is 2. The lowest BCUT2D eigenvalue weighted by Gasteiger charge is -2.22. The largest absolute Gasteiger partial charge is 0.756 e. The number of rotatable bonds is 18. The number of nitrogens with two attached hydrogens (primary N) is 1. The number of ether oxygens (including phenoxy) is 1. The van der Waals surface area contributed by atoms with Crippen molar-refractivity contribution in [2.45, 2.75) is 65.7 Å². The second-order valence-corrected chi connectivity index (χ2v) is 20.8. The number of hydrogen-bond acceptors (Lipinski definition) is 15. The molecule has 0 spiro atoms. The first kappa shape index (κ1) is 52.1. The van der Waals surface area contributed by atoms with Crippen LogP contribution >= 0.6 is 23.5 Å². The molecule has 4 heterocycles. The molecule has 1 aliphatic carbocycles. The third kappa shape index (κ3) is 12.4. The SMILES string of the molecule is CCNc1cc2oc3cc(=[NH+]CC)c(C)cc-3c(-c3ccccc3C(=O)N(C)CCCC(=O)NCC#Cc3cn([C@H]4CC[C@@H](COP(=O)(O)OP(=O)(O)OP(=O)([O-])O)O4)c4ncnc(N)c34)c2cc1C. The molecule has 2 amide bonds. The smallest absolute Gasteiger partial charge is 0.487 e. The van der Waals surface area contributed by atoms with Gasteiger partial charge in [-0.2, -0.15) is 4.31 Å². The van der Waals surface area contributed by atoms with E-state index in [0.717, 1.165) is 57.3 Å². The maximum Gasteiger partial charge on any atom is 0.487 e. The number of carbonyl (C=O) groups excluding carboxylic acids is 2. The fourth-order valence-electron chi connectivity index (χ4n) is 8.21. The molecule has 22 nitrogen and oxygen atoms in total. The van der Waals surface area contributed by atoms with Gasteiger partial charge in [0, 0.05) is 72.1 Å². The topological polar surface area (TPSA) is 317 Å². The summed E-state index contributed by atoms with van der Waals surface area (Å²) in [4.78, 5) is 79.3. The van der Waals surface area contributed by atoms with Gasteiger partial charge in [0.15, 0.2) is 0 Å². The van der Waals surface area contributed by atoms with Crippen molar-refractivity contribution in [3.63, 3.8) is 0 Å². The Bertz CT molecular complexity index is 3220. The predicted octanol–water partition coefficient (Wildman–Crippen LogP) is 3.99. The first-order valence-electron chi connectivity index (χ1n) is 22.1. The van der Waals surface area contributed by atoms with E-state index in [1.807, 2.05) is 64.1 Å². The quantitative estimate of drug-likeness (QED) is 0.0364. The molecule has 8 N–H and O–H groups in total. The first-order chi connectivity index (χ1) is 33.2. The predicted molar refractivity (Wildman–Crippen MR) is 255 cm³/mol. The zero-order chi connectivity index (χ0) is 50.5. The lowest BCUT2D eigenvalue weighted by Crippen LogP contribution is -2.76. The van der Waals surface area contributed by atoms with Gasteiger partial charge >= 0.3 is 15.6 Å². The Balaban J connectivity index is 0.982. The van der Waals surface area contributed by atoms with E-state index in [1.165, 1.54) is 6.33 Å². The Labute approximate surface area is 402 Å². The molecular formula is C45H53N8O14P3. The van der Waals surface area contributed by atoms with Gasteiger partial charge in [-0.1, -0.05) is 30.0 Å². The minimum absolute atomic E-state index is 0.0173. The van der Waals surface area contributed by atoms with Gasteiger partial charge < -0.3 is 54.6 Å². The van der Waals surface area contributed by atoms with Crippen LogP contribution in [0.15, 0.2) is 65.5 Å². The van der Waals surface area contributed by atoms with Crippen LogP contribution in [0.4, 0.5) is 11.5 Å². The van der Waals surface area contributed by atoms with Gasteiger partial charge in [0.1, 0.15) is 41.9 Å². The average Bonchev–Trinajstić information content (AvgIpc) is 3.91. The molecule has 25 heteroatoms. The number of nitrogen functional groups attached to an aromatic ring is 1. The van der Waals surface area contributed by atoms with Gasteiger partial charge in [-0.3, -0.25) is 18.7 Å². The number of benzene rings is 3. The van der Waals surface area contributed by atoms with Gasteiger partial charge in [-0.15, -0.1) is 0 Å². The van der Waals surface area contributed by atoms with E-state index in [1.54, 1.807) is 22.7 Å². The minimum Gasteiger partial charge on any atom is -0.756 e. The van der Waals surface area contributed by atoms with Gasteiger partial charge in [0.05, 0.1) is 36.3 Å². The summed E-state index contributed by atoms with van der Waals surface area (Å²) in [7, 11) is -15.2. The molecular weight excluding hydrogens is 969 g/mol. The molecule has 3 aliphatic rings. The van der Waals surface area contributed by atoms with Crippen LogP contribution < -0.4 is 31.6 Å². The van der Waals surface area contributed by atoms with Crippen LogP contribution in [-0.4, -0.2) is 91.9 Å². The van der Waals surface area contributed by atoms with E-state index in [9.17, 15) is 38.0 Å². The highest BCUT2D eigenvalue weighted by atomic mass is 31.3. The summed E-state index contributed by atoms with van der Waals surface area (Å²) in [5.74, 6) is 6.25. The minimum atomic E-state index is -5.80. The lowest BCUT2D eigenvalue weighted by atomic mass is 9.89. The lowest BCUT2D eigenvalue weighted by molar-refractivity contribution is -0.496. The van der Waals surface area contributed by atoms with E-state index in [0.29, 0.717) is 52.9 Å². The van der Waals surface area contributed by atoms with Crippen LogP contribution in [0.5, 0.6) is 0 Å². The standard InChI is InChI=1S/C45H53N8O14P3/c1-6-47-35-22-37-33(20-27(35)3)42(34-21-28(4)36(48-7-2)23-38(34)65-37)31-13-8-9-14-32(31)45(55)52(5)19-11-15-39(54)49-18-10-12-29-24-53(44-41(29)43(46)50-26-51-44)40-17-16-30(64-40)25-63-69(59,60)67-70(61,62)66-68(56,57)58/h8-9,13-14,20-24,26,30,40,47H,6-7,11,15-19,25H2,1-5H3,(H,49,54)(H,59,60)(H,61,62)(H2,46,50,51)(H2,56,57,58)/t30-,40+/m0/s1. The first-order valence-corrected chi connectivity index (χ1v) is 26.6. The summed E-state index contributed by atoms with van der Waals surface area (Å²) in [6, 6.07) is 15.7. The number of phosphoric acid groups is 3. The summed E-state index contributed by atoms with van der Waals surface area (Å²) in [5, 5.41) is 8.46. The number of amides is 2.